The average Bonchev–Trinajstić information content (AvgIpc) is 2.79. The Labute approximate surface area is 124 Å². The lowest BCUT2D eigenvalue weighted by Gasteiger charge is -2.12. The van der Waals surface area contributed by atoms with Crippen molar-refractivity contribution in [3.05, 3.63) is 69.3 Å². The molecular formula is C19H18O2. The minimum absolute atomic E-state index is 0.0385. The van der Waals surface area contributed by atoms with E-state index >= 15 is 0 Å². The predicted octanol–water partition coefficient (Wildman–Crippen LogP) is 3.97. The van der Waals surface area contributed by atoms with Gasteiger partial charge >= 0.3 is 0 Å². The standard InChI is InChI=1S/C19H18O2/c1-11-9-12(2)18(13(3)10-11)19(21)16-6-4-5-15-14(16)7-8-17(15)20/h4-6,9-10H,7-8H2,1-3H3. The molecular weight excluding hydrogens is 260 g/mol. The highest BCUT2D eigenvalue weighted by atomic mass is 16.1. The third-order valence-electron chi connectivity index (χ3n) is 4.23. The maximum atomic E-state index is 13.0. The number of fused-ring (bicyclic) bond motifs is 1. The molecule has 0 fully saturated rings. The summed E-state index contributed by atoms with van der Waals surface area (Å²) in [6.07, 6.45) is 1.20. The molecule has 2 nitrogen and oxygen atoms in total. The van der Waals surface area contributed by atoms with Crippen LogP contribution in [0.3, 0.4) is 0 Å². The molecule has 106 valence electrons. The van der Waals surface area contributed by atoms with E-state index in [2.05, 4.69) is 0 Å². The van der Waals surface area contributed by atoms with Gasteiger partial charge < -0.3 is 0 Å². The Morgan fingerprint density at radius 1 is 1.00 bits per heavy atom. The summed E-state index contributed by atoms with van der Waals surface area (Å²) in [4.78, 5) is 24.8. The number of carbonyl (C=O) groups is 2. The Morgan fingerprint density at radius 2 is 1.67 bits per heavy atom. The molecule has 0 saturated heterocycles. The molecule has 0 unspecified atom stereocenters. The molecule has 1 aliphatic carbocycles. The van der Waals surface area contributed by atoms with Crippen molar-refractivity contribution in [2.24, 2.45) is 0 Å². The second-order valence-electron chi connectivity index (χ2n) is 5.86. The highest BCUT2D eigenvalue weighted by Gasteiger charge is 2.26. The molecule has 0 atom stereocenters. The lowest BCUT2D eigenvalue weighted by Crippen LogP contribution is -2.09. The summed E-state index contributed by atoms with van der Waals surface area (Å²) in [6, 6.07) is 9.56. The first kappa shape index (κ1) is 13.7. The lowest BCUT2D eigenvalue weighted by atomic mass is 9.90. The fourth-order valence-electron chi connectivity index (χ4n) is 3.38. The van der Waals surface area contributed by atoms with E-state index in [4.69, 9.17) is 0 Å². The van der Waals surface area contributed by atoms with E-state index in [9.17, 15) is 9.59 Å². The lowest BCUT2D eigenvalue weighted by molar-refractivity contribution is 0.0993. The van der Waals surface area contributed by atoms with Crippen LogP contribution >= 0.6 is 0 Å². The van der Waals surface area contributed by atoms with Crippen LogP contribution in [0.5, 0.6) is 0 Å². The minimum Gasteiger partial charge on any atom is -0.294 e. The predicted molar refractivity (Wildman–Crippen MR) is 83.2 cm³/mol. The van der Waals surface area contributed by atoms with Gasteiger partial charge in [0.15, 0.2) is 11.6 Å². The van der Waals surface area contributed by atoms with Crippen LogP contribution in [-0.4, -0.2) is 11.6 Å². The number of aryl methyl sites for hydroxylation is 3. The van der Waals surface area contributed by atoms with Gasteiger partial charge in [0.2, 0.25) is 0 Å². The second kappa shape index (κ2) is 4.96. The van der Waals surface area contributed by atoms with Crippen molar-refractivity contribution < 1.29 is 9.59 Å². The summed E-state index contributed by atoms with van der Waals surface area (Å²) < 4.78 is 0. The van der Waals surface area contributed by atoms with Crippen molar-refractivity contribution >= 4 is 11.6 Å². The van der Waals surface area contributed by atoms with E-state index in [1.54, 1.807) is 0 Å². The third kappa shape index (κ3) is 2.21. The quantitative estimate of drug-likeness (QED) is 0.779. The Hall–Kier alpha value is -2.22. The molecule has 0 bridgehead atoms. The molecule has 0 N–H and O–H groups in total. The first-order valence-corrected chi connectivity index (χ1v) is 7.26. The SMILES string of the molecule is Cc1cc(C)c(C(=O)c2cccc3c2CCC3=O)c(C)c1. The van der Waals surface area contributed by atoms with Gasteiger partial charge in [-0.1, -0.05) is 35.9 Å². The molecule has 1 aliphatic rings. The van der Waals surface area contributed by atoms with Crippen molar-refractivity contribution in [3.8, 4) is 0 Å². The zero-order valence-electron chi connectivity index (χ0n) is 12.6. The van der Waals surface area contributed by atoms with Crippen LogP contribution in [0.25, 0.3) is 0 Å². The monoisotopic (exact) mass is 278 g/mol. The minimum atomic E-state index is 0.0385. The molecule has 0 heterocycles. The molecule has 0 amide bonds. The van der Waals surface area contributed by atoms with Gasteiger partial charge in [0.1, 0.15) is 0 Å². The van der Waals surface area contributed by atoms with Crippen LogP contribution in [0.1, 0.15) is 55.0 Å². The number of rotatable bonds is 2. The molecule has 3 rings (SSSR count). The molecule has 0 spiro atoms. The molecule has 2 aromatic rings. The topological polar surface area (TPSA) is 34.1 Å². The van der Waals surface area contributed by atoms with E-state index < -0.39 is 0 Å². The molecule has 0 saturated carbocycles. The smallest absolute Gasteiger partial charge is 0.193 e. The van der Waals surface area contributed by atoms with Crippen LogP contribution in [0.4, 0.5) is 0 Å². The number of carbonyl (C=O) groups excluding carboxylic acids is 2. The van der Waals surface area contributed by atoms with Crippen molar-refractivity contribution in [1.29, 1.82) is 0 Å². The maximum absolute atomic E-state index is 13.0. The molecule has 0 aromatic heterocycles. The van der Waals surface area contributed by atoms with Gasteiger partial charge in [0.05, 0.1) is 0 Å². The van der Waals surface area contributed by atoms with Crippen molar-refractivity contribution in [1.82, 2.24) is 0 Å². The van der Waals surface area contributed by atoms with E-state index in [0.717, 1.165) is 33.4 Å². The highest BCUT2D eigenvalue weighted by Crippen LogP contribution is 2.28. The second-order valence-corrected chi connectivity index (χ2v) is 5.86. The van der Waals surface area contributed by atoms with E-state index in [0.29, 0.717) is 18.4 Å². The Kier molecular flexibility index (Phi) is 3.25. The molecule has 0 aliphatic heterocycles. The van der Waals surface area contributed by atoms with Gasteiger partial charge in [-0.05, 0) is 43.9 Å². The summed E-state index contributed by atoms with van der Waals surface area (Å²) in [6.45, 7) is 5.98. The average molecular weight is 278 g/mol. The number of Topliss-reactive ketones (excluding diaryl/α,β-unsaturated/α-hetero) is 1. The Morgan fingerprint density at radius 3 is 2.33 bits per heavy atom. The van der Waals surface area contributed by atoms with Crippen LogP contribution in [-0.2, 0) is 6.42 Å². The normalized spacial score (nSPS) is 13.4. The molecule has 2 heteroatoms. The molecule has 21 heavy (non-hydrogen) atoms. The van der Waals surface area contributed by atoms with Gasteiger partial charge in [-0.3, -0.25) is 9.59 Å². The number of benzene rings is 2. The first-order chi connectivity index (χ1) is 9.99. The highest BCUT2D eigenvalue weighted by molar-refractivity contribution is 6.14. The van der Waals surface area contributed by atoms with Crippen LogP contribution in [0, 0.1) is 20.8 Å². The van der Waals surface area contributed by atoms with Crippen molar-refractivity contribution in [2.45, 2.75) is 33.6 Å². The molecule has 2 aromatic carbocycles. The zero-order chi connectivity index (χ0) is 15.1. The van der Waals surface area contributed by atoms with E-state index in [-0.39, 0.29) is 11.6 Å². The summed E-state index contributed by atoms with van der Waals surface area (Å²) in [5, 5.41) is 0. The summed E-state index contributed by atoms with van der Waals surface area (Å²) in [7, 11) is 0. The van der Waals surface area contributed by atoms with Gasteiger partial charge in [-0.15, -0.1) is 0 Å². The van der Waals surface area contributed by atoms with E-state index in [1.807, 2.05) is 51.1 Å². The van der Waals surface area contributed by atoms with E-state index in [1.165, 1.54) is 0 Å². The van der Waals surface area contributed by atoms with Crippen molar-refractivity contribution in [3.63, 3.8) is 0 Å². The van der Waals surface area contributed by atoms with Crippen LogP contribution in [0.15, 0.2) is 30.3 Å². The number of hydrogen-bond donors (Lipinski definition) is 0. The Balaban J connectivity index is 2.15. The number of hydrogen-bond acceptors (Lipinski definition) is 2. The van der Waals surface area contributed by atoms with Crippen molar-refractivity contribution in [2.75, 3.05) is 0 Å². The van der Waals surface area contributed by atoms with Gasteiger partial charge in [-0.2, -0.15) is 0 Å². The zero-order valence-corrected chi connectivity index (χ0v) is 12.6. The summed E-state index contributed by atoms with van der Waals surface area (Å²) in [5.41, 5.74) is 6.27. The van der Waals surface area contributed by atoms with Gasteiger partial charge in [0, 0.05) is 23.1 Å². The van der Waals surface area contributed by atoms with Gasteiger partial charge in [0.25, 0.3) is 0 Å². The molecule has 0 radical (unpaired) electrons. The van der Waals surface area contributed by atoms with Crippen LogP contribution < -0.4 is 0 Å². The summed E-state index contributed by atoms with van der Waals surface area (Å²) in [5.74, 6) is 0.188. The third-order valence-corrected chi connectivity index (χ3v) is 4.23. The summed E-state index contributed by atoms with van der Waals surface area (Å²) >= 11 is 0. The van der Waals surface area contributed by atoms with Crippen LogP contribution in [0.2, 0.25) is 0 Å². The fourth-order valence-corrected chi connectivity index (χ4v) is 3.38. The maximum Gasteiger partial charge on any atom is 0.193 e. The fraction of sp³-hybridized carbons (Fsp3) is 0.263. The first-order valence-electron chi connectivity index (χ1n) is 7.26. The number of ketones is 2. The van der Waals surface area contributed by atoms with Gasteiger partial charge in [-0.25, -0.2) is 0 Å². The Bertz CT molecular complexity index is 746. The largest absolute Gasteiger partial charge is 0.294 e.